The third-order valence-corrected chi connectivity index (χ3v) is 3.83. The van der Waals surface area contributed by atoms with Crippen molar-refractivity contribution in [1.82, 2.24) is 15.3 Å². The third kappa shape index (κ3) is 3.54. The summed E-state index contributed by atoms with van der Waals surface area (Å²) < 4.78 is 0. The summed E-state index contributed by atoms with van der Waals surface area (Å²) >= 11 is 1.51. The molecule has 0 saturated heterocycles. The molecule has 6 heteroatoms. The molecule has 0 aromatic carbocycles. The minimum absolute atomic E-state index is 0.289. The number of rotatable bonds is 3. The van der Waals surface area contributed by atoms with Crippen LogP contribution in [0.2, 0.25) is 0 Å². The van der Waals surface area contributed by atoms with Crippen molar-refractivity contribution in [1.29, 1.82) is 0 Å². The predicted octanol–water partition coefficient (Wildman–Crippen LogP) is 3.21. The van der Waals surface area contributed by atoms with Crippen molar-refractivity contribution in [2.75, 3.05) is 5.32 Å². The summed E-state index contributed by atoms with van der Waals surface area (Å²) in [6.45, 7) is 7.70. The zero-order chi connectivity index (χ0) is 14.8. The maximum Gasteiger partial charge on any atom is 0.321 e. The maximum atomic E-state index is 12.1. The third-order valence-electron chi connectivity index (χ3n) is 2.73. The molecule has 2 amide bonds. The van der Waals surface area contributed by atoms with Crippen molar-refractivity contribution < 1.29 is 4.79 Å². The smallest absolute Gasteiger partial charge is 0.321 e. The summed E-state index contributed by atoms with van der Waals surface area (Å²) in [6.07, 6.45) is 1.73. The summed E-state index contributed by atoms with van der Waals surface area (Å²) in [6, 6.07) is 3.51. The van der Waals surface area contributed by atoms with Crippen LogP contribution < -0.4 is 10.6 Å². The second-order valence-electron chi connectivity index (χ2n) is 5.21. The Hall–Kier alpha value is -1.95. The molecular formula is C14H18N4OS. The van der Waals surface area contributed by atoms with Gasteiger partial charge in [0.25, 0.3) is 0 Å². The second-order valence-corrected chi connectivity index (χ2v) is 6.11. The van der Waals surface area contributed by atoms with Crippen molar-refractivity contribution >= 4 is 23.2 Å². The van der Waals surface area contributed by atoms with E-state index < -0.39 is 5.54 Å². The number of urea groups is 1. The monoisotopic (exact) mass is 290 g/mol. The lowest BCUT2D eigenvalue weighted by Gasteiger charge is -2.23. The van der Waals surface area contributed by atoms with Crippen LogP contribution >= 0.6 is 11.3 Å². The van der Waals surface area contributed by atoms with Crippen LogP contribution in [0.1, 0.15) is 30.1 Å². The highest BCUT2D eigenvalue weighted by Gasteiger charge is 2.25. The van der Waals surface area contributed by atoms with E-state index in [2.05, 4.69) is 20.6 Å². The maximum absolute atomic E-state index is 12.1. The Morgan fingerprint density at radius 3 is 2.65 bits per heavy atom. The number of carbonyl (C=O) groups excluding carboxylic acids is 1. The highest BCUT2D eigenvalue weighted by atomic mass is 32.1. The van der Waals surface area contributed by atoms with Crippen molar-refractivity contribution in [3.63, 3.8) is 0 Å². The quantitative estimate of drug-likeness (QED) is 0.912. The van der Waals surface area contributed by atoms with Gasteiger partial charge in [0.15, 0.2) is 0 Å². The van der Waals surface area contributed by atoms with Crippen LogP contribution in [-0.2, 0) is 5.54 Å². The van der Waals surface area contributed by atoms with E-state index in [0.29, 0.717) is 5.82 Å². The lowest BCUT2D eigenvalue weighted by Crippen LogP contribution is -2.43. The number of nitrogens with one attached hydrogen (secondary N) is 2. The first-order valence-electron chi connectivity index (χ1n) is 6.31. The normalized spacial score (nSPS) is 11.2. The number of pyridine rings is 1. The zero-order valence-corrected chi connectivity index (χ0v) is 12.8. The summed E-state index contributed by atoms with van der Waals surface area (Å²) in [5.41, 5.74) is 1.42. The Kier molecular flexibility index (Phi) is 4.04. The second kappa shape index (κ2) is 5.58. The topological polar surface area (TPSA) is 66.9 Å². The van der Waals surface area contributed by atoms with Crippen molar-refractivity contribution in [3.05, 3.63) is 40.0 Å². The molecule has 106 valence electrons. The number of anilines is 1. The van der Waals surface area contributed by atoms with Gasteiger partial charge in [-0.3, -0.25) is 5.32 Å². The van der Waals surface area contributed by atoms with Crippen LogP contribution in [0.3, 0.4) is 0 Å². The van der Waals surface area contributed by atoms with Crippen molar-refractivity contribution in [3.8, 4) is 0 Å². The molecule has 0 atom stereocenters. The van der Waals surface area contributed by atoms with E-state index in [0.717, 1.165) is 16.3 Å². The Bertz CT molecular complexity index is 587. The van der Waals surface area contributed by atoms with Gasteiger partial charge in [0.2, 0.25) is 0 Å². The molecule has 2 heterocycles. The first-order valence-corrected chi connectivity index (χ1v) is 7.19. The lowest BCUT2D eigenvalue weighted by molar-refractivity contribution is 0.241. The largest absolute Gasteiger partial charge is 0.326 e. The van der Waals surface area contributed by atoms with Crippen LogP contribution in [0.4, 0.5) is 10.6 Å². The fourth-order valence-electron chi connectivity index (χ4n) is 1.92. The van der Waals surface area contributed by atoms with Crippen molar-refractivity contribution in [2.45, 2.75) is 33.2 Å². The summed E-state index contributed by atoms with van der Waals surface area (Å²) in [5.74, 6) is 0.551. The van der Waals surface area contributed by atoms with Crippen LogP contribution in [0.25, 0.3) is 0 Å². The first kappa shape index (κ1) is 14.5. The first-order chi connectivity index (χ1) is 9.37. The Labute approximate surface area is 122 Å². The van der Waals surface area contributed by atoms with E-state index in [-0.39, 0.29) is 6.03 Å². The molecule has 0 aliphatic rings. The molecule has 0 aliphatic heterocycles. The predicted molar refractivity (Wildman–Crippen MR) is 81.0 cm³/mol. The SMILES string of the molecule is Cc1cc(C)nc(NC(=O)NC(C)(C)c2nccs2)c1. The van der Waals surface area contributed by atoms with E-state index in [1.807, 2.05) is 45.2 Å². The fourth-order valence-corrected chi connectivity index (χ4v) is 2.64. The van der Waals surface area contributed by atoms with Gasteiger partial charge in [-0.25, -0.2) is 14.8 Å². The van der Waals surface area contributed by atoms with Gasteiger partial charge in [0.1, 0.15) is 10.8 Å². The van der Waals surface area contributed by atoms with Gasteiger partial charge in [-0.05, 0) is 45.4 Å². The van der Waals surface area contributed by atoms with Gasteiger partial charge in [-0.1, -0.05) is 0 Å². The molecule has 2 aromatic heterocycles. The highest BCUT2D eigenvalue weighted by Crippen LogP contribution is 2.22. The van der Waals surface area contributed by atoms with Crippen LogP contribution in [0.5, 0.6) is 0 Å². The van der Waals surface area contributed by atoms with E-state index in [4.69, 9.17) is 0 Å². The number of thiazole rings is 1. The Balaban J connectivity index is 2.05. The van der Waals surface area contributed by atoms with Crippen molar-refractivity contribution in [2.24, 2.45) is 0 Å². The number of amides is 2. The number of aryl methyl sites for hydroxylation is 2. The van der Waals surface area contributed by atoms with Gasteiger partial charge in [-0.2, -0.15) is 0 Å². The minimum atomic E-state index is -0.517. The summed E-state index contributed by atoms with van der Waals surface area (Å²) in [7, 11) is 0. The van der Waals surface area contributed by atoms with Gasteiger partial charge >= 0.3 is 6.03 Å². The average molecular weight is 290 g/mol. The average Bonchev–Trinajstić information content (AvgIpc) is 2.79. The Morgan fingerprint density at radius 2 is 2.05 bits per heavy atom. The molecule has 2 aromatic rings. The molecule has 0 aliphatic carbocycles. The molecule has 2 N–H and O–H groups in total. The number of aromatic nitrogens is 2. The van der Waals surface area contributed by atoms with Crippen LogP contribution in [0, 0.1) is 13.8 Å². The standard InChI is InChI=1S/C14H18N4OS/c1-9-7-10(2)16-11(8-9)17-13(19)18-14(3,4)12-15-5-6-20-12/h5-8H,1-4H3,(H2,16,17,18,19). The summed E-state index contributed by atoms with van der Waals surface area (Å²) in [5, 5.41) is 8.41. The van der Waals surface area contributed by atoms with Crippen LogP contribution in [-0.4, -0.2) is 16.0 Å². The molecule has 0 radical (unpaired) electrons. The van der Waals surface area contributed by atoms with E-state index in [1.54, 1.807) is 6.20 Å². The lowest BCUT2D eigenvalue weighted by atomic mass is 10.1. The molecule has 5 nitrogen and oxygen atoms in total. The van der Waals surface area contributed by atoms with Gasteiger partial charge in [0.05, 0.1) is 5.54 Å². The molecular weight excluding hydrogens is 272 g/mol. The van der Waals surface area contributed by atoms with Gasteiger partial charge < -0.3 is 5.32 Å². The fraction of sp³-hybridized carbons (Fsp3) is 0.357. The number of carbonyl (C=O) groups is 1. The Morgan fingerprint density at radius 1 is 1.30 bits per heavy atom. The summed E-state index contributed by atoms with van der Waals surface area (Å²) in [4.78, 5) is 20.6. The molecule has 0 unspecified atom stereocenters. The zero-order valence-electron chi connectivity index (χ0n) is 12.0. The van der Waals surface area contributed by atoms with Gasteiger partial charge in [-0.15, -0.1) is 11.3 Å². The van der Waals surface area contributed by atoms with Crippen LogP contribution in [0.15, 0.2) is 23.7 Å². The van der Waals surface area contributed by atoms with E-state index >= 15 is 0 Å². The van der Waals surface area contributed by atoms with E-state index in [1.165, 1.54) is 11.3 Å². The van der Waals surface area contributed by atoms with E-state index in [9.17, 15) is 4.79 Å². The highest BCUT2D eigenvalue weighted by molar-refractivity contribution is 7.09. The number of nitrogens with zero attached hydrogens (tertiary/aromatic N) is 2. The molecule has 0 fully saturated rings. The minimum Gasteiger partial charge on any atom is -0.326 e. The molecule has 0 saturated carbocycles. The molecule has 0 bridgehead atoms. The number of hydrogen-bond donors (Lipinski definition) is 2. The number of hydrogen-bond acceptors (Lipinski definition) is 4. The molecule has 20 heavy (non-hydrogen) atoms. The molecule has 0 spiro atoms. The van der Waals surface area contributed by atoms with Gasteiger partial charge in [0, 0.05) is 17.3 Å². The molecule has 2 rings (SSSR count).